The van der Waals surface area contributed by atoms with E-state index in [-0.39, 0.29) is 0 Å². The zero-order valence-corrected chi connectivity index (χ0v) is 10.2. The maximum absolute atomic E-state index is 3.64. The highest BCUT2D eigenvalue weighted by molar-refractivity contribution is 4.88. The van der Waals surface area contributed by atoms with Gasteiger partial charge >= 0.3 is 0 Å². The largest absolute Gasteiger partial charge is 0.312 e. The molecule has 1 saturated heterocycles. The summed E-state index contributed by atoms with van der Waals surface area (Å²) in [5.41, 5.74) is 0. The molecule has 1 aliphatic heterocycles. The van der Waals surface area contributed by atoms with Crippen molar-refractivity contribution >= 4 is 0 Å². The van der Waals surface area contributed by atoms with E-state index in [2.05, 4.69) is 37.9 Å². The number of nitrogens with zero attached hydrogens (tertiary/aromatic N) is 1. The fourth-order valence-electron chi connectivity index (χ4n) is 2.42. The topological polar surface area (TPSA) is 15.3 Å². The molecule has 0 bridgehead atoms. The van der Waals surface area contributed by atoms with Crippen LogP contribution in [-0.2, 0) is 0 Å². The van der Waals surface area contributed by atoms with Crippen LogP contribution in [0.2, 0.25) is 0 Å². The monoisotopic (exact) mass is 198 g/mol. The molecule has 0 saturated carbocycles. The molecular formula is C12H26N2. The highest BCUT2D eigenvalue weighted by atomic mass is 15.2. The lowest BCUT2D eigenvalue weighted by atomic mass is 10.0. The van der Waals surface area contributed by atoms with Crippen LogP contribution in [-0.4, -0.2) is 36.6 Å². The van der Waals surface area contributed by atoms with Crippen LogP contribution in [0.25, 0.3) is 0 Å². The Bertz CT molecular complexity index is 156. The van der Waals surface area contributed by atoms with E-state index in [0.717, 1.165) is 18.0 Å². The maximum Gasteiger partial charge on any atom is 0.0235 e. The first-order valence-electron chi connectivity index (χ1n) is 6.16. The molecule has 1 fully saturated rings. The van der Waals surface area contributed by atoms with Gasteiger partial charge in [-0.15, -0.1) is 0 Å². The van der Waals surface area contributed by atoms with Crippen molar-refractivity contribution in [2.45, 2.75) is 52.6 Å². The van der Waals surface area contributed by atoms with Gasteiger partial charge in [0.1, 0.15) is 0 Å². The zero-order chi connectivity index (χ0) is 10.6. The van der Waals surface area contributed by atoms with Gasteiger partial charge in [-0.2, -0.15) is 0 Å². The molecule has 2 heteroatoms. The minimum Gasteiger partial charge on any atom is -0.312 e. The molecule has 14 heavy (non-hydrogen) atoms. The first-order valence-corrected chi connectivity index (χ1v) is 6.16. The smallest absolute Gasteiger partial charge is 0.0235 e. The summed E-state index contributed by atoms with van der Waals surface area (Å²) in [7, 11) is 0. The molecule has 2 atom stereocenters. The van der Waals surface area contributed by atoms with Crippen molar-refractivity contribution in [2.75, 3.05) is 19.6 Å². The Balaban J connectivity index is 2.39. The van der Waals surface area contributed by atoms with E-state index in [9.17, 15) is 0 Å². The summed E-state index contributed by atoms with van der Waals surface area (Å²) < 4.78 is 0. The Hall–Kier alpha value is -0.0800. The third kappa shape index (κ3) is 2.96. The molecule has 1 rings (SSSR count). The Morgan fingerprint density at radius 2 is 2.07 bits per heavy atom. The van der Waals surface area contributed by atoms with Gasteiger partial charge in [0.15, 0.2) is 0 Å². The van der Waals surface area contributed by atoms with Crippen molar-refractivity contribution in [3.05, 3.63) is 0 Å². The van der Waals surface area contributed by atoms with Crippen molar-refractivity contribution in [3.63, 3.8) is 0 Å². The number of hydrogen-bond acceptors (Lipinski definition) is 2. The second kappa shape index (κ2) is 5.72. The fraction of sp³-hybridized carbons (Fsp3) is 1.00. The highest BCUT2D eigenvalue weighted by Crippen LogP contribution is 2.18. The molecule has 0 spiro atoms. The number of hydrogen-bond donors (Lipinski definition) is 1. The molecule has 0 amide bonds. The summed E-state index contributed by atoms with van der Waals surface area (Å²) in [5, 5.41) is 3.64. The van der Waals surface area contributed by atoms with Gasteiger partial charge < -0.3 is 5.32 Å². The zero-order valence-electron chi connectivity index (χ0n) is 10.2. The van der Waals surface area contributed by atoms with E-state index in [1.165, 1.54) is 32.5 Å². The Labute approximate surface area is 89.1 Å². The average Bonchev–Trinajstić information content (AvgIpc) is 2.63. The summed E-state index contributed by atoms with van der Waals surface area (Å²) in [6.07, 6.45) is 2.61. The summed E-state index contributed by atoms with van der Waals surface area (Å²) in [6.45, 7) is 12.8. The second-order valence-corrected chi connectivity index (χ2v) is 4.78. The molecule has 1 heterocycles. The van der Waals surface area contributed by atoms with E-state index in [4.69, 9.17) is 0 Å². The average molecular weight is 198 g/mol. The Kier molecular flexibility index (Phi) is 4.90. The molecule has 0 aromatic heterocycles. The summed E-state index contributed by atoms with van der Waals surface area (Å²) in [4.78, 5) is 2.62. The van der Waals surface area contributed by atoms with Crippen molar-refractivity contribution < 1.29 is 0 Å². The standard InChI is InChI=1S/C12H26N2/c1-5-7-14(6-2)11-8-12(10(3)4)13-9-11/h10-13H,5-9H2,1-4H3. The van der Waals surface area contributed by atoms with E-state index in [0.29, 0.717) is 0 Å². The molecule has 0 aliphatic carbocycles. The SMILES string of the molecule is CCCN(CC)C1CNC(C(C)C)C1. The van der Waals surface area contributed by atoms with Gasteiger partial charge in [-0.1, -0.05) is 27.7 Å². The third-order valence-electron chi connectivity index (χ3n) is 3.38. The van der Waals surface area contributed by atoms with Gasteiger partial charge in [0.2, 0.25) is 0 Å². The normalized spacial score (nSPS) is 27.9. The number of rotatable bonds is 5. The molecular weight excluding hydrogens is 172 g/mol. The quantitative estimate of drug-likeness (QED) is 0.728. The molecule has 0 aromatic rings. The lowest BCUT2D eigenvalue weighted by molar-refractivity contribution is 0.215. The second-order valence-electron chi connectivity index (χ2n) is 4.78. The third-order valence-corrected chi connectivity index (χ3v) is 3.38. The van der Waals surface area contributed by atoms with Gasteiger partial charge in [-0.05, 0) is 31.8 Å². The Morgan fingerprint density at radius 3 is 2.50 bits per heavy atom. The van der Waals surface area contributed by atoms with Crippen LogP contribution < -0.4 is 5.32 Å². The first kappa shape index (κ1) is 12.0. The van der Waals surface area contributed by atoms with Crippen molar-refractivity contribution in [3.8, 4) is 0 Å². The molecule has 2 nitrogen and oxygen atoms in total. The van der Waals surface area contributed by atoms with Crippen molar-refractivity contribution in [2.24, 2.45) is 5.92 Å². The lowest BCUT2D eigenvalue weighted by Gasteiger charge is -2.26. The molecule has 1 aliphatic rings. The molecule has 0 radical (unpaired) electrons. The fourth-order valence-corrected chi connectivity index (χ4v) is 2.42. The molecule has 0 aromatic carbocycles. The van der Waals surface area contributed by atoms with Crippen LogP contribution >= 0.6 is 0 Å². The highest BCUT2D eigenvalue weighted by Gasteiger charge is 2.28. The van der Waals surface area contributed by atoms with Crippen LogP contribution in [0.4, 0.5) is 0 Å². The van der Waals surface area contributed by atoms with Gasteiger partial charge in [-0.25, -0.2) is 0 Å². The van der Waals surface area contributed by atoms with Gasteiger partial charge in [0.05, 0.1) is 0 Å². The predicted molar refractivity (Wildman–Crippen MR) is 62.6 cm³/mol. The van der Waals surface area contributed by atoms with Gasteiger partial charge in [0.25, 0.3) is 0 Å². The summed E-state index contributed by atoms with van der Waals surface area (Å²) >= 11 is 0. The van der Waals surface area contributed by atoms with E-state index in [1.807, 2.05) is 0 Å². The number of nitrogens with one attached hydrogen (secondary N) is 1. The summed E-state index contributed by atoms with van der Waals surface area (Å²) in [6, 6.07) is 1.53. The van der Waals surface area contributed by atoms with Crippen molar-refractivity contribution in [1.29, 1.82) is 0 Å². The number of likely N-dealkylation sites (N-methyl/N-ethyl adjacent to an activating group) is 1. The van der Waals surface area contributed by atoms with Crippen LogP contribution in [0.1, 0.15) is 40.5 Å². The van der Waals surface area contributed by atoms with Crippen molar-refractivity contribution in [1.82, 2.24) is 10.2 Å². The van der Waals surface area contributed by atoms with E-state index in [1.54, 1.807) is 0 Å². The minimum absolute atomic E-state index is 0.742. The summed E-state index contributed by atoms with van der Waals surface area (Å²) in [5.74, 6) is 0.778. The first-order chi connectivity index (χ1) is 6.69. The van der Waals surface area contributed by atoms with Crippen LogP contribution in [0.15, 0.2) is 0 Å². The van der Waals surface area contributed by atoms with Crippen LogP contribution in [0.5, 0.6) is 0 Å². The molecule has 2 unspecified atom stereocenters. The van der Waals surface area contributed by atoms with E-state index >= 15 is 0 Å². The van der Waals surface area contributed by atoms with E-state index < -0.39 is 0 Å². The minimum atomic E-state index is 0.742. The van der Waals surface area contributed by atoms with Gasteiger partial charge in [0, 0.05) is 18.6 Å². The van der Waals surface area contributed by atoms with Gasteiger partial charge in [-0.3, -0.25) is 4.90 Å². The molecule has 1 N–H and O–H groups in total. The Morgan fingerprint density at radius 1 is 1.36 bits per heavy atom. The predicted octanol–water partition coefficient (Wildman–Crippen LogP) is 2.10. The van der Waals surface area contributed by atoms with Crippen LogP contribution in [0, 0.1) is 5.92 Å². The maximum atomic E-state index is 3.64. The van der Waals surface area contributed by atoms with Crippen LogP contribution in [0.3, 0.4) is 0 Å². The lowest BCUT2D eigenvalue weighted by Crippen LogP contribution is -2.37. The molecule has 84 valence electrons.